The number of hydrogen-bond acceptors (Lipinski definition) is 3. The Balaban J connectivity index is 1.60. The monoisotopic (exact) mass is 260 g/mol. The molecule has 0 aromatic heterocycles. The number of rotatable bonds is 5. The molecule has 3 rings (SSSR count). The van der Waals surface area contributed by atoms with Crippen LogP contribution in [0.15, 0.2) is 24.3 Å². The zero-order chi connectivity index (χ0) is 13.2. The van der Waals surface area contributed by atoms with Gasteiger partial charge >= 0.3 is 0 Å². The average Bonchev–Trinajstić information content (AvgIpc) is 3.19. The largest absolute Gasteiger partial charge is 0.496 e. The number of nitrogens with one attached hydrogen (secondary N) is 1. The van der Waals surface area contributed by atoms with E-state index in [-0.39, 0.29) is 0 Å². The van der Waals surface area contributed by atoms with Gasteiger partial charge in [-0.25, -0.2) is 0 Å². The molecule has 1 aliphatic heterocycles. The van der Waals surface area contributed by atoms with Gasteiger partial charge in [-0.3, -0.25) is 4.90 Å². The molecule has 1 aliphatic carbocycles. The Hall–Kier alpha value is -1.06. The predicted molar refractivity (Wildman–Crippen MR) is 77.5 cm³/mol. The third-order valence-electron chi connectivity index (χ3n) is 4.37. The lowest BCUT2D eigenvalue weighted by atomic mass is 10.1. The molecule has 1 heterocycles. The van der Waals surface area contributed by atoms with E-state index in [0.29, 0.717) is 12.1 Å². The quantitative estimate of drug-likeness (QED) is 0.880. The van der Waals surface area contributed by atoms with Gasteiger partial charge in [0.05, 0.1) is 7.11 Å². The van der Waals surface area contributed by atoms with Crippen molar-refractivity contribution in [3.8, 4) is 5.75 Å². The number of benzene rings is 1. The van der Waals surface area contributed by atoms with E-state index in [1.54, 1.807) is 7.11 Å². The molecule has 2 unspecified atom stereocenters. The zero-order valence-electron chi connectivity index (χ0n) is 11.9. The summed E-state index contributed by atoms with van der Waals surface area (Å²) < 4.78 is 5.45. The van der Waals surface area contributed by atoms with Crippen LogP contribution in [-0.4, -0.2) is 37.2 Å². The third-order valence-corrected chi connectivity index (χ3v) is 4.37. The molecule has 1 saturated heterocycles. The molecule has 1 saturated carbocycles. The molecule has 0 bridgehead atoms. The Labute approximate surface area is 115 Å². The molecule has 0 radical (unpaired) electrons. The molecule has 3 heteroatoms. The van der Waals surface area contributed by atoms with Gasteiger partial charge in [0.25, 0.3) is 0 Å². The predicted octanol–water partition coefficient (Wildman–Crippen LogP) is 2.58. The molecule has 1 N–H and O–H groups in total. The maximum absolute atomic E-state index is 5.45. The summed E-state index contributed by atoms with van der Waals surface area (Å²) in [6.45, 7) is 4.71. The van der Waals surface area contributed by atoms with Gasteiger partial charge in [-0.1, -0.05) is 18.2 Å². The Kier molecular flexibility index (Phi) is 3.76. The summed E-state index contributed by atoms with van der Waals surface area (Å²) in [5.41, 5.74) is 1.26. The summed E-state index contributed by atoms with van der Waals surface area (Å²) >= 11 is 0. The van der Waals surface area contributed by atoms with Gasteiger partial charge in [0.2, 0.25) is 0 Å². The number of hydrogen-bond donors (Lipinski definition) is 1. The minimum absolute atomic E-state index is 0.348. The van der Waals surface area contributed by atoms with Crippen LogP contribution in [0.2, 0.25) is 0 Å². The molecule has 0 amide bonds. The Morgan fingerprint density at radius 2 is 2.05 bits per heavy atom. The Bertz CT molecular complexity index is 431. The molecule has 2 fully saturated rings. The maximum Gasteiger partial charge on any atom is 0.123 e. The highest BCUT2D eigenvalue weighted by Crippen LogP contribution is 2.31. The number of ether oxygens (including phenoxy) is 1. The van der Waals surface area contributed by atoms with Gasteiger partial charge in [-0.15, -0.1) is 0 Å². The molecular formula is C16H24N2O. The first-order valence-corrected chi connectivity index (χ1v) is 7.41. The topological polar surface area (TPSA) is 24.5 Å². The van der Waals surface area contributed by atoms with Crippen molar-refractivity contribution in [2.45, 2.75) is 44.3 Å². The van der Waals surface area contributed by atoms with Gasteiger partial charge in [0, 0.05) is 36.8 Å². The first kappa shape index (κ1) is 12.9. The highest BCUT2D eigenvalue weighted by atomic mass is 16.5. The molecule has 2 aliphatic rings. The van der Waals surface area contributed by atoms with Gasteiger partial charge in [-0.2, -0.15) is 0 Å². The summed E-state index contributed by atoms with van der Waals surface area (Å²) in [4.78, 5) is 2.65. The summed E-state index contributed by atoms with van der Waals surface area (Å²) in [7, 11) is 1.75. The number of nitrogens with zero attached hydrogens (tertiary/aromatic N) is 1. The maximum atomic E-state index is 5.45. The first-order valence-electron chi connectivity index (χ1n) is 7.41. The van der Waals surface area contributed by atoms with E-state index in [9.17, 15) is 0 Å². The molecule has 1 aromatic carbocycles. The smallest absolute Gasteiger partial charge is 0.123 e. The van der Waals surface area contributed by atoms with Crippen molar-refractivity contribution >= 4 is 0 Å². The van der Waals surface area contributed by atoms with Crippen molar-refractivity contribution in [1.82, 2.24) is 10.2 Å². The molecule has 0 spiro atoms. The summed E-state index contributed by atoms with van der Waals surface area (Å²) in [5, 5.41) is 3.76. The minimum Gasteiger partial charge on any atom is -0.496 e. The molecule has 3 nitrogen and oxygen atoms in total. The summed E-state index contributed by atoms with van der Waals surface area (Å²) in [6, 6.07) is 10.2. The number of para-hydroxylation sites is 1. The molecule has 1 aromatic rings. The lowest BCUT2D eigenvalue weighted by molar-refractivity contribution is 0.313. The fraction of sp³-hybridized carbons (Fsp3) is 0.625. The second-order valence-electron chi connectivity index (χ2n) is 5.84. The van der Waals surface area contributed by atoms with Crippen LogP contribution in [0.3, 0.4) is 0 Å². The standard InChI is InChI=1S/C16H24N2O/c1-12(15-5-3-4-6-16(15)19-2)17-13-9-10-18(11-13)14-7-8-14/h3-6,12-14,17H,7-11H2,1-2H3. The van der Waals surface area contributed by atoms with Crippen molar-refractivity contribution in [2.24, 2.45) is 0 Å². The van der Waals surface area contributed by atoms with Crippen LogP contribution < -0.4 is 10.1 Å². The van der Waals surface area contributed by atoms with Crippen LogP contribution in [0.25, 0.3) is 0 Å². The van der Waals surface area contributed by atoms with Crippen molar-refractivity contribution in [3.63, 3.8) is 0 Å². The van der Waals surface area contributed by atoms with E-state index in [0.717, 1.165) is 11.8 Å². The van der Waals surface area contributed by atoms with Crippen LogP contribution >= 0.6 is 0 Å². The highest BCUT2D eigenvalue weighted by molar-refractivity contribution is 5.35. The van der Waals surface area contributed by atoms with E-state index < -0.39 is 0 Å². The zero-order valence-corrected chi connectivity index (χ0v) is 11.9. The first-order chi connectivity index (χ1) is 9.28. The molecule has 104 valence electrons. The fourth-order valence-electron chi connectivity index (χ4n) is 3.16. The normalized spacial score (nSPS) is 25.5. The van der Waals surface area contributed by atoms with E-state index >= 15 is 0 Å². The van der Waals surface area contributed by atoms with E-state index in [2.05, 4.69) is 29.3 Å². The van der Waals surface area contributed by atoms with Crippen molar-refractivity contribution in [2.75, 3.05) is 20.2 Å². The van der Waals surface area contributed by atoms with E-state index in [1.165, 1.54) is 37.9 Å². The number of methoxy groups -OCH3 is 1. The molecule has 19 heavy (non-hydrogen) atoms. The van der Waals surface area contributed by atoms with E-state index in [4.69, 9.17) is 4.74 Å². The SMILES string of the molecule is COc1ccccc1C(C)NC1CCN(C2CC2)C1. The lowest BCUT2D eigenvalue weighted by Crippen LogP contribution is -2.35. The Morgan fingerprint density at radius 1 is 1.26 bits per heavy atom. The summed E-state index contributed by atoms with van der Waals surface area (Å²) in [6.07, 6.45) is 4.10. The highest BCUT2D eigenvalue weighted by Gasteiger charge is 2.34. The van der Waals surface area contributed by atoms with Gasteiger partial charge in [-0.05, 0) is 32.3 Å². The van der Waals surface area contributed by atoms with Crippen LogP contribution in [0.5, 0.6) is 5.75 Å². The Morgan fingerprint density at radius 3 is 2.79 bits per heavy atom. The second kappa shape index (κ2) is 5.51. The average molecular weight is 260 g/mol. The molecule has 2 atom stereocenters. The van der Waals surface area contributed by atoms with Crippen LogP contribution in [0.1, 0.15) is 37.8 Å². The fourth-order valence-corrected chi connectivity index (χ4v) is 3.16. The van der Waals surface area contributed by atoms with Crippen LogP contribution in [-0.2, 0) is 0 Å². The van der Waals surface area contributed by atoms with Gasteiger partial charge in [0.15, 0.2) is 0 Å². The van der Waals surface area contributed by atoms with E-state index in [1.807, 2.05) is 12.1 Å². The third kappa shape index (κ3) is 2.93. The lowest BCUT2D eigenvalue weighted by Gasteiger charge is -2.22. The minimum atomic E-state index is 0.348. The van der Waals surface area contributed by atoms with Crippen molar-refractivity contribution < 1.29 is 4.74 Å². The molecular weight excluding hydrogens is 236 g/mol. The van der Waals surface area contributed by atoms with Crippen molar-refractivity contribution in [1.29, 1.82) is 0 Å². The van der Waals surface area contributed by atoms with Gasteiger partial charge < -0.3 is 10.1 Å². The van der Waals surface area contributed by atoms with Gasteiger partial charge in [0.1, 0.15) is 5.75 Å². The van der Waals surface area contributed by atoms with Crippen LogP contribution in [0, 0.1) is 0 Å². The number of likely N-dealkylation sites (tertiary alicyclic amines) is 1. The second-order valence-corrected chi connectivity index (χ2v) is 5.84. The van der Waals surface area contributed by atoms with Crippen molar-refractivity contribution in [3.05, 3.63) is 29.8 Å². The summed E-state index contributed by atoms with van der Waals surface area (Å²) in [5.74, 6) is 0.986. The van der Waals surface area contributed by atoms with Crippen LogP contribution in [0.4, 0.5) is 0 Å².